The Bertz CT molecular complexity index is 6430. The van der Waals surface area contributed by atoms with Crippen LogP contribution in [0, 0.1) is 21.7 Å². The topological polar surface area (TPSA) is 13.0 Å². The van der Waals surface area contributed by atoms with Gasteiger partial charge in [-0.1, -0.05) is 262 Å². The molecule has 0 amide bonds. The molecule has 0 spiro atoms. The van der Waals surface area contributed by atoms with Gasteiger partial charge in [-0.3, -0.25) is 0 Å². The Kier molecular flexibility index (Phi) is 14.9. The van der Waals surface area contributed by atoms with Gasteiger partial charge >= 0.3 is 0 Å². The first-order chi connectivity index (χ1) is 59.1. The van der Waals surface area contributed by atoms with Gasteiger partial charge in [0.25, 0.3) is 0 Å². The van der Waals surface area contributed by atoms with Crippen LogP contribution in [0.1, 0.15) is 180 Å². The molecule has 4 aliphatic heterocycles. The average molecular weight is 1580 g/mol. The van der Waals surface area contributed by atoms with Gasteiger partial charge in [0.15, 0.2) is 0 Å². The van der Waals surface area contributed by atoms with Gasteiger partial charge in [0.1, 0.15) is 0 Å². The lowest BCUT2D eigenvalue weighted by atomic mass is 9.72. The van der Waals surface area contributed by atoms with Crippen LogP contribution in [0.15, 0.2) is 303 Å². The van der Waals surface area contributed by atoms with Crippen LogP contribution < -0.4 is 19.6 Å². The zero-order valence-corrected chi connectivity index (χ0v) is 72.6. The van der Waals surface area contributed by atoms with Gasteiger partial charge < -0.3 is 19.6 Å². The lowest BCUT2D eigenvalue weighted by Gasteiger charge is -2.47. The van der Waals surface area contributed by atoms with E-state index in [2.05, 4.69) is 406 Å². The predicted octanol–water partition coefficient (Wildman–Crippen LogP) is 32.7. The first-order valence-corrected chi connectivity index (χ1v) is 45.6. The summed E-state index contributed by atoms with van der Waals surface area (Å²) in [6, 6.07) is 120. The summed E-state index contributed by atoms with van der Waals surface area (Å²) in [6.07, 6.45) is 9.28. The predicted molar refractivity (Wildman–Crippen MR) is 517 cm³/mol. The highest BCUT2D eigenvalue weighted by Gasteiger charge is 2.65. The maximum atomic E-state index is 2.74. The monoisotopic (exact) mass is 1580 g/mol. The van der Waals surface area contributed by atoms with Crippen molar-refractivity contribution in [2.45, 2.75) is 180 Å². The molecule has 0 saturated heterocycles. The summed E-state index contributed by atoms with van der Waals surface area (Å²) in [4.78, 5) is 11.0. The summed E-state index contributed by atoms with van der Waals surface area (Å²) in [7, 11) is 0. The molecule has 8 unspecified atom stereocenters. The Morgan fingerprint density at radius 1 is 0.205 bits per heavy atom. The molecule has 4 saturated carbocycles. The van der Waals surface area contributed by atoms with E-state index in [4.69, 9.17) is 0 Å². The molecule has 122 heavy (non-hydrogen) atoms. The highest BCUT2D eigenvalue weighted by atomic mass is 15.3. The average Bonchev–Trinajstić information content (AvgIpc) is 1.51. The molecule has 0 aromatic heterocycles. The molecule has 4 heterocycles. The van der Waals surface area contributed by atoms with Gasteiger partial charge in [-0.2, -0.15) is 0 Å². The molecule has 0 bridgehead atoms. The first kappa shape index (κ1) is 72.8. The molecule has 4 fully saturated rings. The SMILES string of the molecule is CC1(C)CCC2c3cc(-c4ccc5c6c(-c7ccccc7)c7c8ccc(-c9ccc%10c(c9)C9CCC(C)(C)C9(C)N%10c9ccccc9)c9c(-c%10ccc%11c(c%10)C%10CCC(C)(C)C%10(C)N%11c%10ccccc%10)ccc(c7c(-c7ccccc7)c6c6ccc(-c7ccc%10c(c7)C7CCC(C)(C)C7(C)N%10c7ccccc7)c4c56)c98)ccc3N(c3ccccc3)C21C. The van der Waals surface area contributed by atoms with E-state index in [0.717, 1.165) is 25.7 Å². The minimum atomic E-state index is -0.121. The molecule has 17 aromatic rings. The fourth-order valence-corrected chi connectivity index (χ4v) is 27.9. The molecule has 4 nitrogen and oxygen atoms in total. The lowest BCUT2D eigenvalue weighted by molar-refractivity contribution is 0.222. The van der Waals surface area contributed by atoms with Crippen molar-refractivity contribution in [2.75, 3.05) is 19.6 Å². The molecule has 8 atom stereocenters. The molecule has 0 N–H and O–H groups in total. The second-order valence-corrected chi connectivity index (χ2v) is 41.4. The van der Waals surface area contributed by atoms with Gasteiger partial charge in [0.05, 0.1) is 22.2 Å². The van der Waals surface area contributed by atoms with Crippen molar-refractivity contribution in [2.24, 2.45) is 21.7 Å². The van der Waals surface area contributed by atoms with E-state index in [0.29, 0.717) is 23.7 Å². The second kappa shape index (κ2) is 24.9. The van der Waals surface area contributed by atoms with Gasteiger partial charge in [0.2, 0.25) is 0 Å². The van der Waals surface area contributed by atoms with Crippen molar-refractivity contribution in [3.05, 3.63) is 326 Å². The van der Waals surface area contributed by atoms with Crippen LogP contribution in [-0.4, -0.2) is 22.2 Å². The molecule has 8 aliphatic rings. The van der Waals surface area contributed by atoms with Gasteiger partial charge in [0, 0.05) is 69.2 Å². The van der Waals surface area contributed by atoms with Crippen molar-refractivity contribution in [1.82, 2.24) is 0 Å². The Balaban J connectivity index is 0.787. The fraction of sp³-hybridized carbons (Fsp3) is 0.271. The van der Waals surface area contributed by atoms with E-state index >= 15 is 0 Å². The third-order valence-corrected chi connectivity index (χ3v) is 35.2. The highest BCUT2D eigenvalue weighted by Crippen LogP contribution is 2.72. The van der Waals surface area contributed by atoms with Crippen molar-refractivity contribution >= 4 is 110 Å². The molecule has 17 aromatic carbocycles. The number of benzene rings is 15. The second-order valence-electron chi connectivity index (χ2n) is 41.4. The highest BCUT2D eigenvalue weighted by molar-refractivity contribution is 6.48. The quantitative estimate of drug-likeness (QED) is 0.135. The number of hydrogen-bond donors (Lipinski definition) is 0. The zero-order valence-electron chi connectivity index (χ0n) is 72.6. The maximum absolute atomic E-state index is 2.74. The number of fused-ring (bicyclic) bond motifs is 18. The number of rotatable bonds is 10. The summed E-state index contributed by atoms with van der Waals surface area (Å²) >= 11 is 0. The fourth-order valence-electron chi connectivity index (χ4n) is 27.9. The zero-order chi connectivity index (χ0) is 82.4. The van der Waals surface area contributed by atoms with Crippen LogP contribution in [0.25, 0.3) is 131 Å². The minimum absolute atomic E-state index is 0.0687. The van der Waals surface area contributed by atoms with Gasteiger partial charge in [-0.05, 0) is 351 Å². The van der Waals surface area contributed by atoms with Gasteiger partial charge in [-0.15, -0.1) is 0 Å². The molecular weight excluding hydrogens is 1470 g/mol. The van der Waals surface area contributed by atoms with Crippen LogP contribution in [0.4, 0.5) is 45.5 Å². The largest absolute Gasteiger partial charge is 0.334 e. The maximum Gasteiger partial charge on any atom is 0.0543 e. The smallest absolute Gasteiger partial charge is 0.0543 e. The normalized spacial score (nSPS) is 24.6. The first-order valence-electron chi connectivity index (χ1n) is 45.6. The minimum Gasteiger partial charge on any atom is -0.334 e. The van der Waals surface area contributed by atoms with Crippen LogP contribution in [-0.2, 0) is 0 Å². The molecular formula is C118H106N4. The summed E-state index contributed by atoms with van der Waals surface area (Å²) < 4.78 is 0. The number of anilines is 8. The third-order valence-electron chi connectivity index (χ3n) is 35.2. The Hall–Kier alpha value is -12.0. The number of nitrogens with zero attached hydrogens (tertiary/aromatic N) is 4. The van der Waals surface area contributed by atoms with Crippen LogP contribution >= 0.6 is 0 Å². The van der Waals surface area contributed by atoms with Crippen molar-refractivity contribution < 1.29 is 0 Å². The molecule has 25 rings (SSSR count). The van der Waals surface area contributed by atoms with Crippen molar-refractivity contribution in [3.63, 3.8) is 0 Å². The Labute approximate surface area is 719 Å². The summed E-state index contributed by atoms with van der Waals surface area (Å²) in [5, 5.41) is 15.8. The summed E-state index contributed by atoms with van der Waals surface area (Å²) in [5.74, 6) is 1.43. The van der Waals surface area contributed by atoms with Gasteiger partial charge in [-0.25, -0.2) is 0 Å². The van der Waals surface area contributed by atoms with E-state index < -0.39 is 0 Å². The third kappa shape index (κ3) is 9.13. The van der Waals surface area contributed by atoms with Crippen molar-refractivity contribution in [1.29, 1.82) is 0 Å². The van der Waals surface area contributed by atoms with Crippen LogP contribution in [0.5, 0.6) is 0 Å². The van der Waals surface area contributed by atoms with E-state index in [9.17, 15) is 0 Å². The molecule has 4 aliphatic carbocycles. The summed E-state index contributed by atoms with van der Waals surface area (Å²) in [6.45, 7) is 30.5. The van der Waals surface area contributed by atoms with E-state index in [1.807, 2.05) is 0 Å². The number of hydrogen-bond acceptors (Lipinski definition) is 4. The Morgan fingerprint density at radius 3 is 0.639 bits per heavy atom. The molecule has 598 valence electrons. The standard InChI is InChI=1S/C118H106N4/c1-111(2)63-59-93-89-67-73(43-55-97(89)119(115(93,111)9)77-35-23-15-24-36-77)81-47-51-85-105-86(52-48-82(103(81)105)74-44-56-98-90(68-74)94-60-64-112(3,4)116(94,10)120(98)78-37-25-16-26-38-78)108-102(72-33-21-14-22-34-72)110-88-54-50-84(76-46-58-100-92(70-76)96-62-66-114(7,8)118(96,12)122(100)80-41-29-18-30-42-80)104-83(49-53-87(106(88)104)109(110)101(107(85)108)71-31-19-13-20-32-71)75-45-57-99-91(69-75)95-61-65-113(5,6)117(95,11)121(99)79-39-27-17-28-40-79/h13-58,67-70,93-96H,59-66H2,1-12H3. The van der Waals surface area contributed by atoms with E-state index in [1.165, 1.54) is 225 Å². The Morgan fingerprint density at radius 2 is 0.418 bits per heavy atom. The van der Waals surface area contributed by atoms with Crippen LogP contribution in [0.2, 0.25) is 0 Å². The van der Waals surface area contributed by atoms with E-state index in [-0.39, 0.29) is 43.8 Å². The lowest BCUT2D eigenvalue weighted by Crippen LogP contribution is -2.50. The van der Waals surface area contributed by atoms with Crippen molar-refractivity contribution in [3.8, 4) is 66.8 Å². The molecule has 0 radical (unpaired) electrons. The summed E-state index contributed by atoms with van der Waals surface area (Å²) in [5.41, 5.74) is 31.5. The number of para-hydroxylation sites is 4. The molecule has 4 heteroatoms. The van der Waals surface area contributed by atoms with E-state index in [1.54, 1.807) is 0 Å². The van der Waals surface area contributed by atoms with Crippen LogP contribution in [0.3, 0.4) is 0 Å².